The van der Waals surface area contributed by atoms with Gasteiger partial charge in [-0.15, -0.1) is 0 Å². The lowest BCUT2D eigenvalue weighted by molar-refractivity contribution is 1.05. The third-order valence-electron chi connectivity index (χ3n) is 3.86. The van der Waals surface area contributed by atoms with E-state index in [-0.39, 0.29) is 0 Å². The number of hydrogen-bond donors (Lipinski definition) is 0. The van der Waals surface area contributed by atoms with Crippen LogP contribution in [0.5, 0.6) is 0 Å². The molecule has 134 valence electrons. The molecule has 3 aromatic rings. The Bertz CT molecular complexity index is 816. The van der Waals surface area contributed by atoms with Crippen LogP contribution in [-0.2, 0) is 0 Å². The van der Waals surface area contributed by atoms with Gasteiger partial charge in [-0.2, -0.15) is 0 Å². The van der Waals surface area contributed by atoms with E-state index >= 15 is 0 Å². The van der Waals surface area contributed by atoms with Crippen molar-refractivity contribution in [3.8, 4) is 5.69 Å². The first-order chi connectivity index (χ1) is 12.1. The van der Waals surface area contributed by atoms with Gasteiger partial charge in [0.05, 0.1) is 5.52 Å². The van der Waals surface area contributed by atoms with E-state index in [1.54, 1.807) is 0 Å². The largest absolute Gasteiger partial charge is 0.313 e. The summed E-state index contributed by atoms with van der Waals surface area (Å²) in [5, 5.41) is 1.33. The number of allylic oxidation sites excluding steroid dienone is 1. The summed E-state index contributed by atoms with van der Waals surface area (Å²) < 4.78 is 2.35. The quantitative estimate of drug-likeness (QED) is 0.451. The van der Waals surface area contributed by atoms with E-state index in [4.69, 9.17) is 0 Å². The molecule has 1 aromatic heterocycles. The van der Waals surface area contributed by atoms with Crippen LogP contribution in [0.25, 0.3) is 22.7 Å². The zero-order valence-electron chi connectivity index (χ0n) is 17.1. The molecule has 0 N–H and O–H groups in total. The molecule has 0 saturated heterocycles. The second-order valence-corrected chi connectivity index (χ2v) is 5.91. The van der Waals surface area contributed by atoms with Crippen LogP contribution in [0.1, 0.15) is 58.4 Å². The maximum absolute atomic E-state index is 2.35. The smallest absolute Gasteiger partial charge is 0.0537 e. The number of benzene rings is 2. The lowest BCUT2D eigenvalue weighted by Gasteiger charge is -2.08. The lowest BCUT2D eigenvalue weighted by atomic mass is 10.1. The summed E-state index contributed by atoms with van der Waals surface area (Å²) in [6.07, 6.45) is 2.29. The van der Waals surface area contributed by atoms with Gasteiger partial charge in [-0.05, 0) is 52.0 Å². The molecule has 0 spiro atoms. The summed E-state index contributed by atoms with van der Waals surface area (Å²) in [5.41, 5.74) is 7.75. The summed E-state index contributed by atoms with van der Waals surface area (Å²) in [5.74, 6) is 0. The van der Waals surface area contributed by atoms with Crippen molar-refractivity contribution in [1.82, 2.24) is 4.57 Å². The first-order valence-corrected chi connectivity index (χ1v) is 9.40. The molecule has 1 nitrogen and oxygen atoms in total. The third-order valence-corrected chi connectivity index (χ3v) is 3.86. The van der Waals surface area contributed by atoms with Gasteiger partial charge in [-0.3, -0.25) is 0 Å². The van der Waals surface area contributed by atoms with Crippen molar-refractivity contribution in [3.63, 3.8) is 0 Å². The van der Waals surface area contributed by atoms with Crippen molar-refractivity contribution in [2.45, 2.75) is 55.4 Å². The van der Waals surface area contributed by atoms with Crippen LogP contribution in [-0.4, -0.2) is 4.57 Å². The molecule has 1 heterocycles. The Morgan fingerprint density at radius 3 is 2.00 bits per heavy atom. The van der Waals surface area contributed by atoms with Crippen LogP contribution in [0.2, 0.25) is 0 Å². The zero-order chi connectivity index (χ0) is 19.0. The molecule has 0 fully saturated rings. The zero-order valence-corrected chi connectivity index (χ0v) is 17.1. The molecule has 0 unspecified atom stereocenters. The van der Waals surface area contributed by atoms with Gasteiger partial charge in [0, 0.05) is 22.3 Å². The molecule has 0 aliphatic carbocycles. The van der Waals surface area contributed by atoms with Crippen LogP contribution >= 0.6 is 0 Å². The van der Waals surface area contributed by atoms with E-state index in [0.29, 0.717) is 0 Å². The van der Waals surface area contributed by atoms with Gasteiger partial charge in [0.1, 0.15) is 0 Å². The fourth-order valence-electron chi connectivity index (χ4n) is 2.94. The average molecular weight is 336 g/mol. The summed E-state index contributed by atoms with van der Waals surface area (Å²) in [7, 11) is 0. The summed E-state index contributed by atoms with van der Waals surface area (Å²) in [6.45, 7) is 16.7. The average Bonchev–Trinajstić information content (AvgIpc) is 2.90. The Hall–Kier alpha value is -2.28. The number of rotatable bonds is 2. The first-order valence-electron chi connectivity index (χ1n) is 9.40. The molecule has 2 aromatic carbocycles. The van der Waals surface area contributed by atoms with E-state index in [2.05, 4.69) is 86.9 Å². The molecule has 0 bridgehead atoms. The highest BCUT2D eigenvalue weighted by atomic mass is 15.0. The second kappa shape index (κ2) is 9.88. The van der Waals surface area contributed by atoms with E-state index < -0.39 is 0 Å². The summed E-state index contributed by atoms with van der Waals surface area (Å²) >= 11 is 0. The highest BCUT2D eigenvalue weighted by Gasteiger charge is 2.13. The molecule has 0 aliphatic heterocycles. The van der Waals surface area contributed by atoms with Gasteiger partial charge in [-0.1, -0.05) is 69.2 Å². The van der Waals surface area contributed by atoms with Crippen LogP contribution in [0.15, 0.2) is 54.1 Å². The predicted octanol–water partition coefficient (Wildman–Crippen LogP) is 7.72. The molecule has 25 heavy (non-hydrogen) atoms. The number of aromatic nitrogens is 1. The van der Waals surface area contributed by atoms with Crippen molar-refractivity contribution in [3.05, 3.63) is 70.9 Å². The Morgan fingerprint density at radius 1 is 0.840 bits per heavy atom. The number of hydrogen-bond acceptors (Lipinski definition) is 0. The van der Waals surface area contributed by atoms with Gasteiger partial charge in [0.15, 0.2) is 0 Å². The SMILES string of the molecule is CC.CC.CC(C)=Cc1c(C)n(-c2ccccc2)c2ccc(C)cc12. The standard InChI is InChI=1S/C20H21N.2C2H6/c1-14(2)12-18-16(4)21(17-8-6-5-7-9-17)20-11-10-15(3)13-19(18)20;2*1-2/h5-13H,1-4H3;2*1-2H3. The maximum Gasteiger partial charge on any atom is 0.0537 e. The van der Waals surface area contributed by atoms with E-state index in [1.165, 1.54) is 39.0 Å². The van der Waals surface area contributed by atoms with Crippen LogP contribution < -0.4 is 0 Å². The monoisotopic (exact) mass is 335 g/mol. The van der Waals surface area contributed by atoms with Crippen molar-refractivity contribution >= 4 is 17.0 Å². The molecule has 0 saturated carbocycles. The molecular weight excluding hydrogens is 302 g/mol. The number of nitrogens with zero attached hydrogens (tertiary/aromatic N) is 1. The van der Waals surface area contributed by atoms with E-state index in [0.717, 1.165) is 0 Å². The molecule has 1 heteroatoms. The van der Waals surface area contributed by atoms with Gasteiger partial charge in [0.2, 0.25) is 0 Å². The lowest BCUT2D eigenvalue weighted by Crippen LogP contribution is -1.96. The van der Waals surface area contributed by atoms with Crippen molar-refractivity contribution in [2.75, 3.05) is 0 Å². The van der Waals surface area contributed by atoms with Crippen molar-refractivity contribution < 1.29 is 0 Å². The van der Waals surface area contributed by atoms with Crippen molar-refractivity contribution in [2.24, 2.45) is 0 Å². The molecule has 0 aliphatic rings. The molecule has 0 radical (unpaired) electrons. The molecule has 0 atom stereocenters. The Balaban J connectivity index is 0.000000730. The minimum atomic E-state index is 1.22. The second-order valence-electron chi connectivity index (χ2n) is 5.91. The van der Waals surface area contributed by atoms with Crippen LogP contribution in [0.4, 0.5) is 0 Å². The highest BCUT2D eigenvalue weighted by molar-refractivity contribution is 5.93. The Morgan fingerprint density at radius 2 is 1.44 bits per heavy atom. The molecule has 3 rings (SSSR count). The van der Waals surface area contributed by atoms with E-state index in [1.807, 2.05) is 27.7 Å². The summed E-state index contributed by atoms with van der Waals surface area (Å²) in [6, 6.07) is 17.3. The molecule has 0 amide bonds. The van der Waals surface area contributed by atoms with Crippen LogP contribution in [0.3, 0.4) is 0 Å². The Labute approximate surface area is 154 Å². The minimum Gasteiger partial charge on any atom is -0.313 e. The van der Waals surface area contributed by atoms with Gasteiger partial charge >= 0.3 is 0 Å². The normalized spacial score (nSPS) is 9.60. The fourth-order valence-corrected chi connectivity index (χ4v) is 2.94. The number of fused-ring (bicyclic) bond motifs is 1. The molecular formula is C24H33N. The Kier molecular flexibility index (Phi) is 8.21. The van der Waals surface area contributed by atoms with Gasteiger partial charge in [0.25, 0.3) is 0 Å². The maximum atomic E-state index is 2.35. The highest BCUT2D eigenvalue weighted by Crippen LogP contribution is 2.31. The van der Waals surface area contributed by atoms with Gasteiger partial charge < -0.3 is 4.57 Å². The minimum absolute atomic E-state index is 1.22. The predicted molar refractivity (Wildman–Crippen MR) is 115 cm³/mol. The summed E-state index contributed by atoms with van der Waals surface area (Å²) in [4.78, 5) is 0. The fraction of sp³-hybridized carbons (Fsp3) is 0.333. The topological polar surface area (TPSA) is 4.93 Å². The number of para-hydroxylation sites is 1. The van der Waals surface area contributed by atoms with Crippen LogP contribution in [0, 0.1) is 13.8 Å². The number of aryl methyl sites for hydroxylation is 1. The van der Waals surface area contributed by atoms with Crippen molar-refractivity contribution in [1.29, 1.82) is 0 Å². The van der Waals surface area contributed by atoms with E-state index in [9.17, 15) is 0 Å². The third kappa shape index (κ3) is 4.63. The van der Waals surface area contributed by atoms with Gasteiger partial charge in [-0.25, -0.2) is 0 Å². The first kappa shape index (κ1) is 20.8.